The van der Waals surface area contributed by atoms with Crippen LogP contribution in [0, 0.1) is 11.7 Å². The molecule has 1 heterocycles. The van der Waals surface area contributed by atoms with E-state index in [1.807, 2.05) is 23.1 Å². The summed E-state index contributed by atoms with van der Waals surface area (Å²) in [5.41, 5.74) is 9.03. The molecule has 200 valence electrons. The van der Waals surface area contributed by atoms with Gasteiger partial charge in [0.1, 0.15) is 5.60 Å². The number of nitrogens with one attached hydrogen (secondary N) is 1. The monoisotopic (exact) mass is 569 g/mol. The molecule has 37 heavy (non-hydrogen) atoms. The van der Waals surface area contributed by atoms with Gasteiger partial charge in [0, 0.05) is 23.2 Å². The third-order valence-corrected chi connectivity index (χ3v) is 7.73. The van der Waals surface area contributed by atoms with Crippen molar-refractivity contribution in [1.82, 2.24) is 10.4 Å². The van der Waals surface area contributed by atoms with E-state index in [2.05, 4.69) is 12.0 Å². The summed E-state index contributed by atoms with van der Waals surface area (Å²) >= 11 is 12.1. The van der Waals surface area contributed by atoms with Gasteiger partial charge in [-0.25, -0.2) is 14.2 Å². The SMILES string of the molecule is C=C1C=C(c2ccc(Cl)c(OCCC(F)(P)C(C)(O)c3ccc(Cl)cc3)c2F)C=CN1NC(N)C(C)C. The summed E-state index contributed by atoms with van der Waals surface area (Å²) in [5, 5.41) is 10.9. The maximum absolute atomic E-state index is 15.6. The molecule has 0 aliphatic carbocycles. The number of aliphatic hydroxyl groups is 1. The molecule has 1 aliphatic heterocycles. The Balaban J connectivity index is 1.73. The first-order chi connectivity index (χ1) is 17.2. The Labute approximate surface area is 229 Å². The Morgan fingerprint density at radius 2 is 1.86 bits per heavy atom. The van der Waals surface area contributed by atoms with E-state index in [1.165, 1.54) is 19.1 Å². The smallest absolute Gasteiger partial charge is 0.174 e. The van der Waals surface area contributed by atoms with Crippen molar-refractivity contribution >= 4 is 38.0 Å². The zero-order valence-electron chi connectivity index (χ0n) is 20.9. The first-order valence-electron chi connectivity index (χ1n) is 11.7. The number of benzene rings is 2. The van der Waals surface area contributed by atoms with Crippen LogP contribution in [0.2, 0.25) is 10.0 Å². The summed E-state index contributed by atoms with van der Waals surface area (Å²) in [4.78, 5) is 0. The fraction of sp³-hybridized carbons (Fsp3) is 0.333. The third-order valence-electron chi connectivity index (χ3n) is 6.33. The van der Waals surface area contributed by atoms with Crippen molar-refractivity contribution in [2.24, 2.45) is 11.7 Å². The Bertz CT molecular complexity index is 1200. The summed E-state index contributed by atoms with van der Waals surface area (Å²) in [7, 11) is 2.03. The molecule has 10 heteroatoms. The number of halogens is 4. The van der Waals surface area contributed by atoms with Crippen LogP contribution in [-0.4, -0.2) is 28.3 Å². The molecule has 2 aromatic carbocycles. The van der Waals surface area contributed by atoms with Gasteiger partial charge in [-0.2, -0.15) is 0 Å². The lowest BCUT2D eigenvalue weighted by molar-refractivity contribution is -0.0534. The van der Waals surface area contributed by atoms with E-state index in [4.69, 9.17) is 33.7 Å². The van der Waals surface area contributed by atoms with E-state index in [-0.39, 0.29) is 41.4 Å². The summed E-state index contributed by atoms with van der Waals surface area (Å²) < 4.78 is 36.7. The number of hydrazine groups is 1. The lowest BCUT2D eigenvalue weighted by atomic mass is 9.89. The number of hydrogen-bond acceptors (Lipinski definition) is 5. The minimum Gasteiger partial charge on any atom is -0.489 e. The predicted octanol–water partition coefficient (Wildman–Crippen LogP) is 6.52. The Hall–Kier alpha value is -1.99. The van der Waals surface area contributed by atoms with Crippen molar-refractivity contribution in [2.75, 3.05) is 6.61 Å². The summed E-state index contributed by atoms with van der Waals surface area (Å²) in [6.07, 6.45) is 4.57. The van der Waals surface area contributed by atoms with Gasteiger partial charge in [-0.05, 0) is 60.4 Å². The van der Waals surface area contributed by atoms with E-state index in [9.17, 15) is 5.11 Å². The molecule has 0 amide bonds. The van der Waals surface area contributed by atoms with Crippen LogP contribution < -0.4 is 15.9 Å². The molecule has 0 aromatic heterocycles. The molecule has 1 aliphatic rings. The summed E-state index contributed by atoms with van der Waals surface area (Å²) in [6.45, 7) is 9.11. The minimum absolute atomic E-state index is 0.0457. The average molecular weight is 570 g/mol. The van der Waals surface area contributed by atoms with Crippen molar-refractivity contribution in [2.45, 2.75) is 44.4 Å². The van der Waals surface area contributed by atoms with Gasteiger partial charge >= 0.3 is 0 Å². The van der Waals surface area contributed by atoms with Crippen LogP contribution in [-0.2, 0) is 5.60 Å². The van der Waals surface area contributed by atoms with Gasteiger partial charge in [-0.15, -0.1) is 0 Å². The molecule has 0 fully saturated rings. The topological polar surface area (TPSA) is 70.8 Å². The maximum Gasteiger partial charge on any atom is 0.174 e. The third kappa shape index (κ3) is 6.72. The largest absolute Gasteiger partial charge is 0.489 e. The molecule has 0 bridgehead atoms. The molecular weight excluding hydrogens is 538 g/mol. The minimum atomic E-state index is -2.18. The highest BCUT2D eigenvalue weighted by Gasteiger charge is 2.45. The van der Waals surface area contributed by atoms with E-state index in [0.717, 1.165) is 0 Å². The van der Waals surface area contributed by atoms with E-state index in [0.29, 0.717) is 21.9 Å². The molecule has 0 saturated carbocycles. The van der Waals surface area contributed by atoms with Crippen LogP contribution >= 0.6 is 32.4 Å². The number of nitrogens with two attached hydrogens (primary N) is 1. The van der Waals surface area contributed by atoms with Crippen molar-refractivity contribution in [3.05, 3.63) is 94.0 Å². The molecule has 2 aromatic rings. The second kappa shape index (κ2) is 11.8. The summed E-state index contributed by atoms with van der Waals surface area (Å²) in [5.74, 6) is -0.693. The zero-order valence-corrected chi connectivity index (χ0v) is 23.6. The second-order valence-electron chi connectivity index (χ2n) is 9.45. The van der Waals surface area contributed by atoms with Crippen molar-refractivity contribution in [1.29, 1.82) is 0 Å². The van der Waals surface area contributed by atoms with Gasteiger partial charge in [0.15, 0.2) is 17.0 Å². The highest BCUT2D eigenvalue weighted by Crippen LogP contribution is 2.44. The maximum atomic E-state index is 15.6. The van der Waals surface area contributed by atoms with Gasteiger partial charge in [0.2, 0.25) is 0 Å². The predicted molar refractivity (Wildman–Crippen MR) is 150 cm³/mol. The molecule has 4 N–H and O–H groups in total. The lowest BCUT2D eigenvalue weighted by Crippen LogP contribution is -2.49. The van der Waals surface area contributed by atoms with Crippen LogP contribution in [0.1, 0.15) is 38.3 Å². The van der Waals surface area contributed by atoms with Gasteiger partial charge in [0.25, 0.3) is 0 Å². The van der Waals surface area contributed by atoms with Crippen LogP contribution in [0.5, 0.6) is 5.75 Å². The van der Waals surface area contributed by atoms with Crippen molar-refractivity contribution in [3.8, 4) is 5.75 Å². The van der Waals surface area contributed by atoms with Crippen LogP contribution in [0.4, 0.5) is 8.78 Å². The van der Waals surface area contributed by atoms with E-state index >= 15 is 8.78 Å². The van der Waals surface area contributed by atoms with Crippen molar-refractivity contribution < 1.29 is 18.6 Å². The zero-order chi connectivity index (χ0) is 27.5. The molecular formula is C27H32Cl2F2N3O2P. The van der Waals surface area contributed by atoms with Gasteiger partial charge < -0.3 is 15.6 Å². The molecule has 4 atom stereocenters. The fourth-order valence-electron chi connectivity index (χ4n) is 3.60. The number of alkyl halides is 1. The first kappa shape index (κ1) is 29.6. The molecule has 0 radical (unpaired) electrons. The molecule has 3 rings (SSSR count). The number of rotatable bonds is 10. The average Bonchev–Trinajstić information content (AvgIpc) is 2.82. The van der Waals surface area contributed by atoms with Crippen LogP contribution in [0.25, 0.3) is 5.57 Å². The number of hydrogen-bond donors (Lipinski definition) is 3. The van der Waals surface area contributed by atoms with Crippen LogP contribution in [0.15, 0.2) is 67.0 Å². The van der Waals surface area contributed by atoms with Gasteiger partial charge in [0.05, 0.1) is 23.5 Å². The van der Waals surface area contributed by atoms with Gasteiger partial charge in [-0.3, -0.25) is 5.01 Å². The Morgan fingerprint density at radius 3 is 2.46 bits per heavy atom. The molecule has 5 nitrogen and oxygen atoms in total. The molecule has 4 unspecified atom stereocenters. The molecule has 0 spiro atoms. The van der Waals surface area contributed by atoms with E-state index in [1.54, 1.807) is 47.6 Å². The highest BCUT2D eigenvalue weighted by molar-refractivity contribution is 7.18. The lowest BCUT2D eigenvalue weighted by Gasteiger charge is -2.36. The second-order valence-corrected chi connectivity index (χ2v) is 11.2. The standard InChI is InChI=1S/C27H32Cl2F2N3O2P/c1-16(2)25(32)33-34-13-11-18(15-17(34)3)21-9-10-22(29)24(23(21)30)36-14-12-27(31,37)26(4,35)19-5-7-20(28)8-6-19/h5-11,13,15-16,25,33,35H,3,12,14,32,37H2,1-2,4H3. The normalized spacial score (nSPS) is 17.9. The number of nitrogens with zero attached hydrogens (tertiary/aromatic N) is 1. The number of allylic oxidation sites excluding steroid dienone is 3. The Kier molecular flexibility index (Phi) is 9.44. The highest BCUT2D eigenvalue weighted by atomic mass is 35.5. The first-order valence-corrected chi connectivity index (χ1v) is 13.0. The van der Waals surface area contributed by atoms with E-state index < -0.39 is 16.8 Å². The number of ether oxygens (including phenoxy) is 1. The Morgan fingerprint density at radius 1 is 1.22 bits per heavy atom. The van der Waals surface area contributed by atoms with Crippen LogP contribution in [0.3, 0.4) is 0 Å². The molecule has 0 saturated heterocycles. The van der Waals surface area contributed by atoms with Crippen molar-refractivity contribution in [3.63, 3.8) is 0 Å². The summed E-state index contributed by atoms with van der Waals surface area (Å²) in [6, 6.07) is 9.29. The quantitative estimate of drug-likeness (QED) is 0.224. The van der Waals surface area contributed by atoms with Gasteiger partial charge in [-0.1, -0.05) is 65.0 Å². The fourth-order valence-corrected chi connectivity index (χ4v) is 4.21.